The van der Waals surface area contributed by atoms with Gasteiger partial charge in [-0.25, -0.2) is 9.98 Å². The van der Waals surface area contributed by atoms with Crippen molar-refractivity contribution >= 4 is 23.0 Å². The first kappa shape index (κ1) is 13.4. The highest BCUT2D eigenvalue weighted by Gasteiger charge is 2.07. The molecule has 2 heterocycles. The predicted molar refractivity (Wildman–Crippen MR) is 85.2 cm³/mol. The summed E-state index contributed by atoms with van der Waals surface area (Å²) >= 11 is 1.59. The number of benzene rings is 1. The smallest absolute Gasteiger partial charge is 0.236 e. The van der Waals surface area contributed by atoms with Crippen molar-refractivity contribution in [2.45, 2.75) is 6.54 Å². The Morgan fingerprint density at radius 1 is 1.24 bits per heavy atom. The number of thiophene rings is 1. The van der Waals surface area contributed by atoms with Crippen LogP contribution in [0.5, 0.6) is 0 Å². The van der Waals surface area contributed by atoms with Crippen LogP contribution >= 0.6 is 11.3 Å². The minimum absolute atomic E-state index is 0.349. The molecule has 0 spiro atoms. The highest BCUT2D eigenvalue weighted by atomic mass is 32.1. The fraction of sp³-hybridized carbons (Fsp3) is 0.0667. The number of nitrogens with zero attached hydrogens (tertiary/aromatic N) is 2. The average Bonchev–Trinajstić information content (AvgIpc) is 3.17. The summed E-state index contributed by atoms with van der Waals surface area (Å²) in [5.74, 6) is 0.965. The quantitative estimate of drug-likeness (QED) is 0.572. The van der Waals surface area contributed by atoms with E-state index in [2.05, 4.69) is 15.3 Å². The van der Waals surface area contributed by atoms with Gasteiger partial charge in [-0.1, -0.05) is 24.3 Å². The van der Waals surface area contributed by atoms with Gasteiger partial charge in [-0.15, -0.1) is 11.3 Å². The van der Waals surface area contributed by atoms with E-state index in [4.69, 9.17) is 10.2 Å². The molecule has 0 aliphatic carbocycles. The Hall–Kier alpha value is -2.60. The first-order chi connectivity index (χ1) is 10.3. The third-order valence-corrected chi connectivity index (χ3v) is 3.60. The molecule has 21 heavy (non-hydrogen) atoms. The van der Waals surface area contributed by atoms with E-state index in [0.717, 1.165) is 16.3 Å². The molecular weight excluding hydrogens is 284 g/mol. The van der Waals surface area contributed by atoms with Crippen LogP contribution in [-0.2, 0) is 6.54 Å². The van der Waals surface area contributed by atoms with Crippen molar-refractivity contribution in [2.24, 2.45) is 10.7 Å². The summed E-state index contributed by atoms with van der Waals surface area (Å²) in [5.41, 5.74) is 7.49. The first-order valence-electron chi connectivity index (χ1n) is 6.41. The zero-order valence-electron chi connectivity index (χ0n) is 11.2. The van der Waals surface area contributed by atoms with E-state index in [1.807, 2.05) is 47.8 Å². The number of nitrogens with one attached hydrogen (secondary N) is 1. The summed E-state index contributed by atoms with van der Waals surface area (Å²) in [5, 5.41) is 5.00. The summed E-state index contributed by atoms with van der Waals surface area (Å²) < 4.78 is 5.43. The number of rotatable bonds is 4. The largest absolute Gasteiger partial charge is 0.443 e. The van der Waals surface area contributed by atoms with Crippen molar-refractivity contribution in [3.63, 3.8) is 0 Å². The summed E-state index contributed by atoms with van der Waals surface area (Å²) in [7, 11) is 0. The van der Waals surface area contributed by atoms with Gasteiger partial charge in [0.05, 0.1) is 11.4 Å². The second-order valence-corrected chi connectivity index (χ2v) is 5.26. The van der Waals surface area contributed by atoms with Gasteiger partial charge in [0, 0.05) is 5.69 Å². The fourth-order valence-electron chi connectivity index (χ4n) is 1.77. The summed E-state index contributed by atoms with van der Waals surface area (Å²) in [6.07, 6.45) is 1.61. The van der Waals surface area contributed by atoms with E-state index in [9.17, 15) is 0 Å². The summed E-state index contributed by atoms with van der Waals surface area (Å²) in [6.45, 7) is 0.376. The highest BCUT2D eigenvalue weighted by molar-refractivity contribution is 7.13. The minimum atomic E-state index is 0.349. The first-order valence-corrected chi connectivity index (χ1v) is 7.29. The Bertz CT molecular complexity index is 719. The maximum Gasteiger partial charge on any atom is 0.236 e. The molecule has 0 atom stereocenters. The molecule has 0 bridgehead atoms. The second-order valence-electron chi connectivity index (χ2n) is 4.31. The Labute approximate surface area is 126 Å². The van der Waals surface area contributed by atoms with Crippen LogP contribution in [0.25, 0.3) is 10.8 Å². The minimum Gasteiger partial charge on any atom is -0.443 e. The normalized spacial score (nSPS) is 11.5. The van der Waals surface area contributed by atoms with Crippen LogP contribution in [0.2, 0.25) is 0 Å². The molecule has 3 N–H and O–H groups in total. The topological polar surface area (TPSA) is 76.4 Å². The van der Waals surface area contributed by atoms with E-state index in [1.54, 1.807) is 17.6 Å². The molecule has 0 saturated carbocycles. The van der Waals surface area contributed by atoms with Gasteiger partial charge >= 0.3 is 0 Å². The van der Waals surface area contributed by atoms with Crippen LogP contribution in [0.1, 0.15) is 5.69 Å². The lowest BCUT2D eigenvalue weighted by molar-refractivity contribution is 0.574. The predicted octanol–water partition coefficient (Wildman–Crippen LogP) is 3.33. The molecular formula is C15H14N4OS. The lowest BCUT2D eigenvalue weighted by Gasteiger charge is -2.04. The van der Waals surface area contributed by atoms with Gasteiger partial charge in [-0.3, -0.25) is 0 Å². The molecule has 3 aromatic rings. The number of para-hydroxylation sites is 1. The maximum atomic E-state index is 5.84. The molecule has 0 aliphatic heterocycles. The van der Waals surface area contributed by atoms with Gasteiger partial charge in [0.2, 0.25) is 5.89 Å². The molecule has 3 rings (SSSR count). The molecule has 6 heteroatoms. The number of hydrogen-bond acceptors (Lipinski definition) is 4. The molecule has 0 saturated heterocycles. The van der Waals surface area contributed by atoms with Crippen LogP contribution in [0.15, 0.2) is 63.5 Å². The van der Waals surface area contributed by atoms with Crippen molar-refractivity contribution in [1.29, 1.82) is 0 Å². The van der Waals surface area contributed by atoms with E-state index in [-0.39, 0.29) is 0 Å². The molecule has 0 fully saturated rings. The van der Waals surface area contributed by atoms with Crippen molar-refractivity contribution in [3.05, 3.63) is 59.8 Å². The SMILES string of the molecule is NC(=NCc1coc(-c2cccs2)n1)Nc1ccccc1. The number of hydrogen-bond donors (Lipinski definition) is 2. The lowest BCUT2D eigenvalue weighted by atomic mass is 10.3. The molecule has 106 valence electrons. The average molecular weight is 298 g/mol. The standard InChI is InChI=1S/C15H14N4OS/c16-15(19-11-5-2-1-3-6-11)17-9-12-10-20-14(18-12)13-7-4-8-21-13/h1-8,10H,9H2,(H3,16,17,19). The number of aliphatic imine (C=N–C) groups is 1. The van der Waals surface area contributed by atoms with E-state index < -0.39 is 0 Å². The van der Waals surface area contributed by atoms with Crippen molar-refractivity contribution < 1.29 is 4.42 Å². The van der Waals surface area contributed by atoms with Crippen LogP contribution < -0.4 is 11.1 Å². The van der Waals surface area contributed by atoms with Gasteiger partial charge in [0.1, 0.15) is 12.0 Å². The Balaban J connectivity index is 1.63. The maximum absolute atomic E-state index is 5.84. The number of nitrogens with two attached hydrogens (primary N) is 1. The molecule has 1 aromatic carbocycles. The van der Waals surface area contributed by atoms with E-state index in [0.29, 0.717) is 18.4 Å². The molecule has 0 amide bonds. The zero-order chi connectivity index (χ0) is 14.5. The number of aromatic nitrogens is 1. The zero-order valence-corrected chi connectivity index (χ0v) is 12.0. The second kappa shape index (κ2) is 6.23. The molecule has 2 aromatic heterocycles. The van der Waals surface area contributed by atoms with Crippen LogP contribution in [0.3, 0.4) is 0 Å². The molecule has 0 aliphatic rings. The van der Waals surface area contributed by atoms with Crippen molar-refractivity contribution in [3.8, 4) is 10.8 Å². The summed E-state index contributed by atoms with van der Waals surface area (Å²) in [4.78, 5) is 9.63. The van der Waals surface area contributed by atoms with Gasteiger partial charge in [0.15, 0.2) is 5.96 Å². The Kier molecular flexibility index (Phi) is 3.97. The monoisotopic (exact) mass is 298 g/mol. The summed E-state index contributed by atoms with van der Waals surface area (Å²) in [6, 6.07) is 13.6. The van der Waals surface area contributed by atoms with Gasteiger partial charge in [-0.05, 0) is 23.6 Å². The fourth-order valence-corrected chi connectivity index (χ4v) is 2.42. The van der Waals surface area contributed by atoms with Crippen LogP contribution in [0.4, 0.5) is 5.69 Å². The Morgan fingerprint density at radius 3 is 2.86 bits per heavy atom. The van der Waals surface area contributed by atoms with Crippen LogP contribution in [0, 0.1) is 0 Å². The third kappa shape index (κ3) is 3.49. The van der Waals surface area contributed by atoms with Crippen LogP contribution in [-0.4, -0.2) is 10.9 Å². The molecule has 5 nitrogen and oxygen atoms in total. The highest BCUT2D eigenvalue weighted by Crippen LogP contribution is 2.23. The van der Waals surface area contributed by atoms with Gasteiger partial charge < -0.3 is 15.5 Å². The molecule has 0 radical (unpaired) electrons. The molecule has 0 unspecified atom stereocenters. The van der Waals surface area contributed by atoms with Crippen molar-refractivity contribution in [2.75, 3.05) is 5.32 Å². The lowest BCUT2D eigenvalue weighted by Crippen LogP contribution is -2.22. The van der Waals surface area contributed by atoms with E-state index in [1.165, 1.54) is 0 Å². The van der Waals surface area contributed by atoms with Gasteiger partial charge in [0.25, 0.3) is 0 Å². The number of anilines is 1. The van der Waals surface area contributed by atoms with E-state index >= 15 is 0 Å². The van der Waals surface area contributed by atoms with Gasteiger partial charge in [-0.2, -0.15) is 0 Å². The Morgan fingerprint density at radius 2 is 2.10 bits per heavy atom. The number of guanidine groups is 1. The number of oxazole rings is 1. The van der Waals surface area contributed by atoms with Crippen molar-refractivity contribution in [1.82, 2.24) is 4.98 Å². The third-order valence-electron chi connectivity index (χ3n) is 2.74.